The fourth-order valence-corrected chi connectivity index (χ4v) is 3.91. The minimum Gasteiger partial charge on any atom is -0.444 e. The van der Waals surface area contributed by atoms with E-state index in [-0.39, 0.29) is 24.1 Å². The summed E-state index contributed by atoms with van der Waals surface area (Å²) in [4.78, 5) is 50.0. The molecule has 1 aromatic carbocycles. The number of nitrogens with zero attached hydrogens (tertiary/aromatic N) is 5. The summed E-state index contributed by atoms with van der Waals surface area (Å²) in [6, 6.07) is 8.99. The number of ether oxygens (including phenoxy) is 1. The van der Waals surface area contributed by atoms with Gasteiger partial charge in [0.1, 0.15) is 18.0 Å². The summed E-state index contributed by atoms with van der Waals surface area (Å²) < 4.78 is 6.73. The first kappa shape index (κ1) is 24.2. The molecule has 1 aliphatic heterocycles. The highest BCUT2D eigenvalue weighted by Crippen LogP contribution is 2.19. The second-order valence-electron chi connectivity index (χ2n) is 9.55. The number of para-hydroxylation sites is 1. The number of rotatable bonds is 4. The minimum absolute atomic E-state index is 0.161. The van der Waals surface area contributed by atoms with Crippen molar-refractivity contribution in [1.29, 1.82) is 0 Å². The van der Waals surface area contributed by atoms with E-state index in [0.29, 0.717) is 42.9 Å². The van der Waals surface area contributed by atoms with Gasteiger partial charge in [0, 0.05) is 26.2 Å². The highest BCUT2D eigenvalue weighted by atomic mass is 16.6. The van der Waals surface area contributed by atoms with Gasteiger partial charge in [0.25, 0.3) is 5.56 Å². The van der Waals surface area contributed by atoms with Gasteiger partial charge in [-0.15, -0.1) is 0 Å². The number of piperazine rings is 1. The summed E-state index contributed by atoms with van der Waals surface area (Å²) in [7, 11) is 0. The van der Waals surface area contributed by atoms with Crippen LogP contribution in [0.2, 0.25) is 0 Å². The molecule has 35 heavy (non-hydrogen) atoms. The normalized spacial score (nSPS) is 14.2. The third-order valence-electron chi connectivity index (χ3n) is 5.68. The molecule has 0 radical (unpaired) electrons. The number of aromatic nitrogens is 3. The van der Waals surface area contributed by atoms with Crippen LogP contribution in [0.25, 0.3) is 10.9 Å². The Morgan fingerprint density at radius 2 is 1.80 bits per heavy atom. The molecule has 3 heterocycles. The zero-order chi connectivity index (χ0) is 25.2. The summed E-state index contributed by atoms with van der Waals surface area (Å²) in [5.74, 6) is 0.0240. The zero-order valence-electron chi connectivity index (χ0n) is 20.4. The van der Waals surface area contributed by atoms with Crippen LogP contribution in [-0.4, -0.2) is 63.2 Å². The van der Waals surface area contributed by atoms with Crippen LogP contribution in [-0.2, 0) is 16.1 Å². The molecule has 2 amide bonds. The fraction of sp³-hybridized carbons (Fsp3) is 0.400. The van der Waals surface area contributed by atoms with Gasteiger partial charge in [-0.25, -0.2) is 14.8 Å². The van der Waals surface area contributed by atoms with Gasteiger partial charge in [-0.05, 0) is 51.5 Å². The van der Waals surface area contributed by atoms with E-state index < -0.39 is 5.60 Å². The summed E-state index contributed by atoms with van der Waals surface area (Å²) in [5.41, 5.74) is 1.67. The number of amides is 2. The molecular formula is C25H30N6O4. The lowest BCUT2D eigenvalue weighted by Crippen LogP contribution is -2.50. The molecule has 1 fully saturated rings. The third kappa shape index (κ3) is 5.76. The summed E-state index contributed by atoms with van der Waals surface area (Å²) in [6.07, 6.45) is 2.78. The lowest BCUT2D eigenvalue weighted by atomic mass is 10.1. The van der Waals surface area contributed by atoms with Gasteiger partial charge >= 0.3 is 6.09 Å². The average molecular weight is 479 g/mol. The maximum absolute atomic E-state index is 12.7. The van der Waals surface area contributed by atoms with Crippen molar-refractivity contribution in [1.82, 2.24) is 19.4 Å². The minimum atomic E-state index is -0.518. The van der Waals surface area contributed by atoms with Gasteiger partial charge in [0.15, 0.2) is 0 Å². The van der Waals surface area contributed by atoms with E-state index in [1.807, 2.05) is 39.8 Å². The van der Waals surface area contributed by atoms with Crippen LogP contribution in [0.15, 0.2) is 47.7 Å². The number of nitrogens with one attached hydrogen (secondary N) is 1. The molecule has 0 aliphatic carbocycles. The molecule has 3 aromatic rings. The van der Waals surface area contributed by atoms with Gasteiger partial charge in [-0.2, -0.15) is 0 Å². The van der Waals surface area contributed by atoms with Crippen LogP contribution in [0.5, 0.6) is 0 Å². The number of hydrogen-bond acceptors (Lipinski definition) is 7. The highest BCUT2D eigenvalue weighted by molar-refractivity contribution is 5.90. The van der Waals surface area contributed by atoms with E-state index in [1.165, 1.54) is 10.9 Å². The quantitative estimate of drug-likeness (QED) is 0.614. The number of carbonyl (C=O) groups is 2. The predicted octanol–water partition coefficient (Wildman–Crippen LogP) is 2.80. The monoisotopic (exact) mass is 478 g/mol. The molecule has 0 atom stereocenters. The first-order valence-electron chi connectivity index (χ1n) is 11.5. The first-order valence-corrected chi connectivity index (χ1v) is 11.5. The van der Waals surface area contributed by atoms with Gasteiger partial charge in [-0.3, -0.25) is 14.2 Å². The predicted molar refractivity (Wildman–Crippen MR) is 134 cm³/mol. The van der Waals surface area contributed by atoms with Gasteiger partial charge in [0.2, 0.25) is 5.91 Å². The molecule has 10 nitrogen and oxygen atoms in total. The van der Waals surface area contributed by atoms with Crippen LogP contribution in [0, 0.1) is 6.92 Å². The molecule has 184 valence electrons. The SMILES string of the molecule is Cc1cccc2c(=O)n(CC(=O)Nc3ccc(N4CCN(C(=O)OC(C)(C)C)CC4)cn3)cnc12. The van der Waals surface area contributed by atoms with Gasteiger partial charge < -0.3 is 19.9 Å². The van der Waals surface area contributed by atoms with Crippen molar-refractivity contribution >= 4 is 34.4 Å². The number of pyridine rings is 1. The zero-order valence-corrected chi connectivity index (χ0v) is 20.4. The Labute approximate surface area is 203 Å². The Kier molecular flexibility index (Phi) is 6.72. The Morgan fingerprint density at radius 1 is 1.06 bits per heavy atom. The smallest absolute Gasteiger partial charge is 0.410 e. The molecule has 1 N–H and O–H groups in total. The second kappa shape index (κ2) is 9.73. The van der Waals surface area contributed by atoms with E-state index in [0.717, 1.165) is 11.3 Å². The van der Waals surface area contributed by atoms with E-state index in [4.69, 9.17) is 4.74 Å². The molecule has 1 aliphatic rings. The summed E-state index contributed by atoms with van der Waals surface area (Å²) in [5, 5.41) is 3.21. The Morgan fingerprint density at radius 3 is 2.46 bits per heavy atom. The molecule has 0 unspecified atom stereocenters. The lowest BCUT2D eigenvalue weighted by Gasteiger charge is -2.36. The van der Waals surface area contributed by atoms with Gasteiger partial charge in [0.05, 0.1) is 29.1 Å². The Balaban J connectivity index is 1.33. The van der Waals surface area contributed by atoms with Crippen LogP contribution in [0.1, 0.15) is 26.3 Å². The van der Waals surface area contributed by atoms with Crippen molar-refractivity contribution in [2.75, 3.05) is 36.4 Å². The topological polar surface area (TPSA) is 110 Å². The number of fused-ring (bicyclic) bond motifs is 1. The summed E-state index contributed by atoms with van der Waals surface area (Å²) in [6.45, 7) is 9.71. The number of hydrogen-bond donors (Lipinski definition) is 1. The molecule has 4 rings (SSSR count). The molecule has 2 aromatic heterocycles. The third-order valence-corrected chi connectivity index (χ3v) is 5.68. The molecule has 10 heteroatoms. The highest BCUT2D eigenvalue weighted by Gasteiger charge is 2.26. The molecule has 0 bridgehead atoms. The van der Waals surface area contributed by atoms with Gasteiger partial charge in [-0.1, -0.05) is 12.1 Å². The average Bonchev–Trinajstić information content (AvgIpc) is 2.81. The number of aryl methyl sites for hydroxylation is 1. The first-order chi connectivity index (χ1) is 16.6. The van der Waals surface area contributed by atoms with Crippen molar-refractivity contribution in [2.24, 2.45) is 0 Å². The summed E-state index contributed by atoms with van der Waals surface area (Å²) >= 11 is 0. The van der Waals surface area contributed by atoms with E-state index in [9.17, 15) is 14.4 Å². The van der Waals surface area contributed by atoms with Crippen molar-refractivity contribution in [3.8, 4) is 0 Å². The van der Waals surface area contributed by atoms with Crippen LogP contribution in [0.4, 0.5) is 16.3 Å². The molecule has 1 saturated heterocycles. The van der Waals surface area contributed by atoms with Crippen LogP contribution in [0.3, 0.4) is 0 Å². The van der Waals surface area contributed by atoms with Crippen LogP contribution >= 0.6 is 0 Å². The van der Waals surface area contributed by atoms with E-state index in [1.54, 1.807) is 29.3 Å². The molecular weight excluding hydrogens is 448 g/mol. The van der Waals surface area contributed by atoms with Crippen molar-refractivity contribution in [3.63, 3.8) is 0 Å². The molecule has 0 saturated carbocycles. The lowest BCUT2D eigenvalue weighted by molar-refractivity contribution is -0.116. The van der Waals surface area contributed by atoms with E-state index in [2.05, 4.69) is 20.2 Å². The Bertz CT molecular complexity index is 1290. The number of anilines is 2. The number of carbonyl (C=O) groups excluding carboxylic acids is 2. The van der Waals surface area contributed by atoms with Crippen molar-refractivity contribution < 1.29 is 14.3 Å². The van der Waals surface area contributed by atoms with E-state index >= 15 is 0 Å². The fourth-order valence-electron chi connectivity index (χ4n) is 3.91. The molecule has 0 spiro atoms. The van der Waals surface area contributed by atoms with Crippen molar-refractivity contribution in [3.05, 3.63) is 58.8 Å². The number of benzene rings is 1. The second-order valence-corrected chi connectivity index (χ2v) is 9.55. The maximum atomic E-state index is 12.7. The van der Waals surface area contributed by atoms with Crippen molar-refractivity contribution in [2.45, 2.75) is 39.8 Å². The largest absolute Gasteiger partial charge is 0.444 e. The Hall–Kier alpha value is -3.95. The van der Waals surface area contributed by atoms with Crippen LogP contribution < -0.4 is 15.8 Å². The standard InChI is InChI=1S/C25H30N6O4/c1-17-6-5-7-19-22(17)27-16-31(23(19)33)15-21(32)28-20-9-8-18(14-26-20)29-10-12-30(13-11-29)24(34)35-25(2,3)4/h5-9,14,16H,10-13,15H2,1-4H3,(H,26,28,32). The maximum Gasteiger partial charge on any atom is 0.410 e.